The molecule has 4 unspecified atom stereocenters. The van der Waals surface area contributed by atoms with Crippen LogP contribution in [0.1, 0.15) is 24.1 Å². The average molecular weight is 562 g/mol. The molecule has 4 atom stereocenters. The molecule has 0 bridgehead atoms. The summed E-state index contributed by atoms with van der Waals surface area (Å²) in [6.45, 7) is 0.191. The Morgan fingerprint density at radius 3 is 2.21 bits per heavy atom. The maximum Gasteiger partial charge on any atom is 0.326 e. The van der Waals surface area contributed by atoms with Crippen molar-refractivity contribution >= 4 is 42.3 Å². The van der Waals surface area contributed by atoms with E-state index in [2.05, 4.69) is 43.5 Å². The fourth-order valence-electron chi connectivity index (χ4n) is 3.56. The van der Waals surface area contributed by atoms with E-state index in [0.29, 0.717) is 12.1 Å². The number of carbonyl (C=O) groups excluding carboxylic acids is 3. The van der Waals surface area contributed by atoms with E-state index in [1.54, 1.807) is 0 Å². The average Bonchev–Trinajstić information content (AvgIpc) is 3.41. The van der Waals surface area contributed by atoms with Crippen LogP contribution in [0.5, 0.6) is 0 Å². The highest BCUT2D eigenvalue weighted by Gasteiger charge is 2.30. The number of benzene rings is 1. The van der Waals surface area contributed by atoms with E-state index < -0.39 is 47.9 Å². The van der Waals surface area contributed by atoms with Crippen molar-refractivity contribution in [2.45, 2.75) is 49.9 Å². The number of aliphatic imine (C=N–C) groups is 1. The molecule has 1 aromatic carbocycles. The van der Waals surface area contributed by atoms with Crippen LogP contribution in [0.15, 0.2) is 47.8 Å². The third-order valence-corrected chi connectivity index (χ3v) is 5.99. The van der Waals surface area contributed by atoms with E-state index in [1.165, 1.54) is 12.5 Å². The number of aromatic nitrogens is 2. The number of carbonyl (C=O) groups is 4. The molecule has 0 fully saturated rings. The molecule has 11 N–H and O–H groups in total. The van der Waals surface area contributed by atoms with Gasteiger partial charge in [-0.3, -0.25) is 19.4 Å². The number of aliphatic carboxylic acids is 1. The standard InChI is InChI=1S/C24H35N9O5S/c25-16(9-14-5-2-1-3-6-14)20(34)32-18(10-15-11-28-13-30-15)21(35)33-19(12-39)22(36)31-17(23(37)38)7-4-8-29-24(26)27/h1-3,5-6,11,13,16-19,39H,4,7-10,12,25H2,(H,28,30)(H,31,36)(H,32,34)(H,33,35)(H,37,38)(H4,26,27,29). The van der Waals surface area contributed by atoms with Crippen LogP contribution in [-0.4, -0.2) is 81.2 Å². The maximum absolute atomic E-state index is 13.2. The zero-order chi connectivity index (χ0) is 28.8. The number of imidazole rings is 1. The van der Waals surface area contributed by atoms with Crippen LogP contribution in [0, 0.1) is 0 Å². The molecule has 3 amide bonds. The van der Waals surface area contributed by atoms with E-state index in [-0.39, 0.29) is 37.5 Å². The van der Waals surface area contributed by atoms with E-state index in [4.69, 9.17) is 17.2 Å². The predicted octanol–water partition coefficient (Wildman–Crippen LogP) is -1.96. The molecule has 2 aromatic rings. The number of aromatic amines is 1. The first-order chi connectivity index (χ1) is 18.6. The molecular formula is C24H35N9O5S. The lowest BCUT2D eigenvalue weighted by Crippen LogP contribution is -2.58. The molecule has 14 nitrogen and oxygen atoms in total. The fraction of sp³-hybridized carbons (Fsp3) is 0.417. The number of hydrogen-bond donors (Lipinski definition) is 9. The quantitative estimate of drug-likeness (QED) is 0.0477. The number of guanidine groups is 1. The number of nitrogens with two attached hydrogens (primary N) is 3. The van der Waals surface area contributed by atoms with Crippen molar-refractivity contribution in [2.24, 2.45) is 22.2 Å². The van der Waals surface area contributed by atoms with Gasteiger partial charge < -0.3 is 43.2 Å². The van der Waals surface area contributed by atoms with Crippen LogP contribution in [0.25, 0.3) is 0 Å². The van der Waals surface area contributed by atoms with E-state index in [1.807, 2.05) is 30.3 Å². The first kappa shape index (κ1) is 31.1. The Labute approximate surface area is 231 Å². The van der Waals surface area contributed by atoms with Crippen LogP contribution in [0.4, 0.5) is 0 Å². The van der Waals surface area contributed by atoms with Crippen LogP contribution in [0.3, 0.4) is 0 Å². The molecule has 0 saturated carbocycles. The van der Waals surface area contributed by atoms with Crippen LogP contribution in [0.2, 0.25) is 0 Å². The van der Waals surface area contributed by atoms with Crippen molar-refractivity contribution in [1.29, 1.82) is 0 Å². The highest BCUT2D eigenvalue weighted by molar-refractivity contribution is 7.80. The van der Waals surface area contributed by atoms with E-state index >= 15 is 0 Å². The second kappa shape index (κ2) is 16.0. The largest absolute Gasteiger partial charge is 0.480 e. The van der Waals surface area contributed by atoms with Crippen molar-refractivity contribution in [3.63, 3.8) is 0 Å². The van der Waals surface area contributed by atoms with Gasteiger partial charge in [0, 0.05) is 30.6 Å². The molecule has 15 heteroatoms. The van der Waals surface area contributed by atoms with Gasteiger partial charge in [-0.05, 0) is 24.8 Å². The number of hydrogen-bond acceptors (Lipinski definition) is 8. The van der Waals surface area contributed by atoms with E-state index in [0.717, 1.165) is 5.56 Å². The Morgan fingerprint density at radius 2 is 1.62 bits per heavy atom. The minimum Gasteiger partial charge on any atom is -0.480 e. The minimum absolute atomic E-state index is 0.0408. The highest BCUT2D eigenvalue weighted by Crippen LogP contribution is 2.05. The molecule has 1 aromatic heterocycles. The molecule has 2 rings (SSSR count). The van der Waals surface area contributed by atoms with Gasteiger partial charge in [-0.1, -0.05) is 30.3 Å². The molecular weight excluding hydrogens is 526 g/mol. The summed E-state index contributed by atoms with van der Waals surface area (Å²) in [5.41, 5.74) is 18.0. The Kier molecular flexibility index (Phi) is 12.8. The number of nitrogens with one attached hydrogen (secondary N) is 4. The number of amides is 3. The molecule has 0 saturated heterocycles. The summed E-state index contributed by atoms with van der Waals surface area (Å²) >= 11 is 4.14. The number of H-pyrrole nitrogens is 1. The SMILES string of the molecule is NC(N)=NCCCC(NC(=O)C(CS)NC(=O)C(Cc1cnc[nH]1)NC(=O)C(N)Cc1ccccc1)C(=O)O. The number of carboxylic acid groups (broad SMARTS) is 1. The van der Waals surface area contributed by atoms with Gasteiger partial charge in [0.15, 0.2) is 5.96 Å². The summed E-state index contributed by atoms with van der Waals surface area (Å²) < 4.78 is 0. The summed E-state index contributed by atoms with van der Waals surface area (Å²) in [7, 11) is 0. The van der Waals surface area contributed by atoms with Gasteiger partial charge in [-0.15, -0.1) is 0 Å². The van der Waals surface area contributed by atoms with Crippen molar-refractivity contribution < 1.29 is 24.3 Å². The summed E-state index contributed by atoms with van der Waals surface area (Å²) in [4.78, 5) is 61.0. The van der Waals surface area contributed by atoms with Crippen LogP contribution < -0.4 is 33.2 Å². The van der Waals surface area contributed by atoms with Gasteiger partial charge in [0.05, 0.1) is 12.4 Å². The second-order valence-corrected chi connectivity index (χ2v) is 9.10. The Hall–Kier alpha value is -4.11. The molecule has 1 heterocycles. The lowest BCUT2D eigenvalue weighted by Gasteiger charge is -2.24. The van der Waals surface area contributed by atoms with Crippen molar-refractivity contribution in [3.05, 3.63) is 54.1 Å². The van der Waals surface area contributed by atoms with Gasteiger partial charge in [0.2, 0.25) is 17.7 Å². The third kappa shape index (κ3) is 11.0. The molecule has 0 radical (unpaired) electrons. The van der Waals surface area contributed by atoms with Crippen molar-refractivity contribution in [3.8, 4) is 0 Å². The summed E-state index contributed by atoms with van der Waals surface area (Å²) in [5.74, 6) is -3.50. The molecule has 212 valence electrons. The van der Waals surface area contributed by atoms with Crippen molar-refractivity contribution in [2.75, 3.05) is 12.3 Å². The molecule has 39 heavy (non-hydrogen) atoms. The smallest absolute Gasteiger partial charge is 0.326 e. The lowest BCUT2D eigenvalue weighted by molar-refractivity contribution is -0.142. The number of carboxylic acids is 1. The summed E-state index contributed by atoms with van der Waals surface area (Å²) in [5, 5.41) is 17.0. The number of nitrogens with zero attached hydrogens (tertiary/aromatic N) is 2. The molecule has 0 aliphatic rings. The zero-order valence-corrected chi connectivity index (χ0v) is 22.1. The normalized spacial score (nSPS) is 13.8. The monoisotopic (exact) mass is 561 g/mol. The number of rotatable bonds is 16. The topological polar surface area (TPSA) is 244 Å². The highest BCUT2D eigenvalue weighted by atomic mass is 32.1. The van der Waals surface area contributed by atoms with E-state index in [9.17, 15) is 24.3 Å². The lowest BCUT2D eigenvalue weighted by atomic mass is 10.0. The van der Waals surface area contributed by atoms with Crippen LogP contribution in [-0.2, 0) is 32.0 Å². The predicted molar refractivity (Wildman–Crippen MR) is 148 cm³/mol. The second-order valence-electron chi connectivity index (χ2n) is 8.73. The van der Waals surface area contributed by atoms with Gasteiger partial charge in [0.1, 0.15) is 18.1 Å². The first-order valence-electron chi connectivity index (χ1n) is 12.2. The van der Waals surface area contributed by atoms with Gasteiger partial charge in [0.25, 0.3) is 0 Å². The van der Waals surface area contributed by atoms with Gasteiger partial charge >= 0.3 is 5.97 Å². The Morgan fingerprint density at radius 1 is 0.974 bits per heavy atom. The summed E-state index contributed by atoms with van der Waals surface area (Å²) in [6, 6.07) is 4.73. The zero-order valence-electron chi connectivity index (χ0n) is 21.2. The first-order valence-corrected chi connectivity index (χ1v) is 12.8. The van der Waals surface area contributed by atoms with Crippen molar-refractivity contribution in [1.82, 2.24) is 25.9 Å². The molecule has 0 aliphatic heterocycles. The number of thiol groups is 1. The fourth-order valence-corrected chi connectivity index (χ4v) is 3.82. The molecule has 0 aliphatic carbocycles. The minimum atomic E-state index is -1.26. The third-order valence-electron chi connectivity index (χ3n) is 5.62. The van der Waals surface area contributed by atoms with Crippen LogP contribution >= 0.6 is 12.6 Å². The van der Waals surface area contributed by atoms with Gasteiger partial charge in [-0.2, -0.15) is 12.6 Å². The Balaban J connectivity index is 2.05. The van der Waals surface area contributed by atoms with Gasteiger partial charge in [-0.25, -0.2) is 9.78 Å². The molecule has 0 spiro atoms. The summed E-state index contributed by atoms with van der Waals surface area (Å²) in [6.07, 6.45) is 3.58. The maximum atomic E-state index is 13.2. The Bertz CT molecular complexity index is 1110.